The first-order valence-electron chi connectivity index (χ1n) is 11.6. The van der Waals surface area contributed by atoms with Crippen LogP contribution in [0.2, 0.25) is 0 Å². The van der Waals surface area contributed by atoms with Crippen LogP contribution in [0.15, 0.2) is 60.9 Å². The van der Waals surface area contributed by atoms with Gasteiger partial charge in [-0.3, -0.25) is 0 Å². The van der Waals surface area contributed by atoms with E-state index in [0.717, 1.165) is 34.9 Å². The molecule has 6 rings (SSSR count). The Morgan fingerprint density at radius 1 is 0.972 bits per heavy atom. The van der Waals surface area contributed by atoms with Crippen molar-refractivity contribution in [2.24, 2.45) is 0 Å². The van der Waals surface area contributed by atoms with Crippen LogP contribution in [0.4, 0.5) is 27.4 Å². The molecular formula is C27H24FN7O. The highest BCUT2D eigenvalue weighted by atomic mass is 19.1. The first-order valence-corrected chi connectivity index (χ1v) is 11.6. The van der Waals surface area contributed by atoms with E-state index in [9.17, 15) is 0 Å². The Hall–Kier alpha value is -4.66. The molecule has 0 radical (unpaired) electrons. The van der Waals surface area contributed by atoms with Gasteiger partial charge in [-0.1, -0.05) is 18.2 Å². The standard InChI is InChI=1S/C27H24FN7O/c1-15-5-3-8-22(33-15)36-21-10-9-17(13-18(21)28)23-24-25(30)31-14-32-26(24)35-12-11-34(27(23)35)20-7-4-6-19(29)16(20)2/h3-10,13-14H,11-12,29H2,1-2H3,(H2,30,31,32). The van der Waals surface area contributed by atoms with E-state index in [0.29, 0.717) is 40.5 Å². The number of anilines is 4. The topological polar surface area (TPSA) is 108 Å². The van der Waals surface area contributed by atoms with E-state index in [1.54, 1.807) is 12.1 Å². The number of hydrogen-bond donors (Lipinski definition) is 2. The number of hydrogen-bond acceptors (Lipinski definition) is 7. The number of benzene rings is 2. The molecule has 0 aliphatic carbocycles. The van der Waals surface area contributed by atoms with Gasteiger partial charge < -0.3 is 25.7 Å². The molecule has 3 aromatic heterocycles. The van der Waals surface area contributed by atoms with Gasteiger partial charge in [-0.15, -0.1) is 0 Å². The molecular weight excluding hydrogens is 457 g/mol. The number of fused-ring (bicyclic) bond motifs is 3. The fourth-order valence-electron chi connectivity index (χ4n) is 4.85. The fraction of sp³-hybridized carbons (Fsp3) is 0.148. The zero-order valence-corrected chi connectivity index (χ0v) is 19.9. The number of nitrogens with two attached hydrogens (primary N) is 2. The summed E-state index contributed by atoms with van der Waals surface area (Å²) in [4.78, 5) is 15.2. The third-order valence-corrected chi connectivity index (χ3v) is 6.58. The lowest BCUT2D eigenvalue weighted by molar-refractivity contribution is 0.427. The van der Waals surface area contributed by atoms with Crippen molar-refractivity contribution in [3.05, 3.63) is 78.0 Å². The zero-order valence-electron chi connectivity index (χ0n) is 19.9. The van der Waals surface area contributed by atoms with E-state index >= 15 is 4.39 Å². The van der Waals surface area contributed by atoms with Crippen LogP contribution in [0.25, 0.3) is 22.2 Å². The van der Waals surface area contributed by atoms with Crippen molar-refractivity contribution in [2.45, 2.75) is 20.4 Å². The number of ether oxygens (including phenoxy) is 1. The summed E-state index contributed by atoms with van der Waals surface area (Å²) in [5.74, 6) is 1.12. The number of nitrogen functional groups attached to an aromatic ring is 2. The molecule has 0 bridgehead atoms. The molecule has 0 unspecified atom stereocenters. The Morgan fingerprint density at radius 2 is 1.81 bits per heavy atom. The van der Waals surface area contributed by atoms with Gasteiger partial charge in [0.05, 0.1) is 5.39 Å². The van der Waals surface area contributed by atoms with E-state index in [1.807, 2.05) is 50.2 Å². The predicted molar refractivity (Wildman–Crippen MR) is 139 cm³/mol. The zero-order chi connectivity index (χ0) is 25.0. The van der Waals surface area contributed by atoms with Crippen LogP contribution in [0, 0.1) is 19.7 Å². The summed E-state index contributed by atoms with van der Waals surface area (Å²) in [5.41, 5.74) is 18.1. The normalized spacial score (nSPS) is 12.8. The third-order valence-electron chi connectivity index (χ3n) is 6.58. The molecule has 0 amide bonds. The molecule has 1 aliphatic rings. The maximum Gasteiger partial charge on any atom is 0.219 e. The summed E-state index contributed by atoms with van der Waals surface area (Å²) in [6.07, 6.45) is 1.45. The van der Waals surface area contributed by atoms with E-state index in [-0.39, 0.29) is 5.75 Å². The van der Waals surface area contributed by atoms with Gasteiger partial charge in [-0.2, -0.15) is 0 Å². The van der Waals surface area contributed by atoms with Gasteiger partial charge in [0.15, 0.2) is 11.6 Å². The van der Waals surface area contributed by atoms with Crippen molar-refractivity contribution < 1.29 is 9.13 Å². The molecule has 180 valence electrons. The largest absolute Gasteiger partial charge is 0.436 e. The second-order valence-corrected chi connectivity index (χ2v) is 8.82. The molecule has 5 aromatic rings. The highest BCUT2D eigenvalue weighted by Crippen LogP contribution is 2.48. The Balaban J connectivity index is 1.52. The minimum absolute atomic E-state index is 0.0877. The maximum atomic E-state index is 15.4. The minimum Gasteiger partial charge on any atom is -0.436 e. The van der Waals surface area contributed by atoms with Crippen molar-refractivity contribution >= 4 is 34.0 Å². The molecule has 4 N–H and O–H groups in total. The summed E-state index contributed by atoms with van der Waals surface area (Å²) in [5, 5.41) is 0.687. The van der Waals surface area contributed by atoms with E-state index in [1.165, 1.54) is 12.4 Å². The average Bonchev–Trinajstić information content (AvgIpc) is 3.42. The fourth-order valence-corrected chi connectivity index (χ4v) is 4.85. The van der Waals surface area contributed by atoms with E-state index in [4.69, 9.17) is 16.2 Å². The molecule has 36 heavy (non-hydrogen) atoms. The summed E-state index contributed by atoms with van der Waals surface area (Å²) >= 11 is 0. The van der Waals surface area contributed by atoms with Crippen LogP contribution >= 0.6 is 0 Å². The number of halogens is 1. The van der Waals surface area contributed by atoms with Crippen LogP contribution in [0.3, 0.4) is 0 Å². The SMILES string of the molecule is Cc1cccc(Oc2ccc(-c3c4n(c5ncnc(N)c35)CCN4c3cccc(N)c3C)cc2F)n1. The number of nitrogens with zero attached hydrogens (tertiary/aromatic N) is 5. The van der Waals surface area contributed by atoms with Gasteiger partial charge in [0.25, 0.3) is 0 Å². The summed E-state index contributed by atoms with van der Waals surface area (Å²) in [6.45, 7) is 5.26. The van der Waals surface area contributed by atoms with Gasteiger partial charge in [0.2, 0.25) is 5.88 Å². The van der Waals surface area contributed by atoms with Gasteiger partial charge in [0, 0.05) is 41.8 Å². The van der Waals surface area contributed by atoms with Crippen LogP contribution in [-0.4, -0.2) is 26.1 Å². The molecule has 4 heterocycles. The molecule has 0 atom stereocenters. The second-order valence-electron chi connectivity index (χ2n) is 8.82. The third kappa shape index (κ3) is 3.39. The van der Waals surface area contributed by atoms with Crippen LogP contribution in [-0.2, 0) is 6.54 Å². The first-order chi connectivity index (χ1) is 17.4. The number of rotatable bonds is 4. The van der Waals surface area contributed by atoms with E-state index in [2.05, 4.69) is 24.4 Å². The highest BCUT2D eigenvalue weighted by Gasteiger charge is 2.32. The Bertz CT molecular complexity index is 1650. The van der Waals surface area contributed by atoms with Crippen molar-refractivity contribution in [2.75, 3.05) is 22.9 Å². The first kappa shape index (κ1) is 21.8. The molecule has 9 heteroatoms. The Labute approximate surface area is 207 Å². The van der Waals surface area contributed by atoms with Gasteiger partial charge in [0.1, 0.15) is 23.6 Å². The van der Waals surface area contributed by atoms with Crippen LogP contribution in [0.1, 0.15) is 11.3 Å². The molecule has 0 fully saturated rings. The molecule has 8 nitrogen and oxygen atoms in total. The number of aromatic nitrogens is 4. The number of pyridine rings is 1. The average molecular weight is 482 g/mol. The van der Waals surface area contributed by atoms with Crippen LogP contribution in [0.5, 0.6) is 11.6 Å². The molecule has 1 aliphatic heterocycles. The Morgan fingerprint density at radius 3 is 2.61 bits per heavy atom. The van der Waals surface area contributed by atoms with Crippen LogP contribution < -0.4 is 21.1 Å². The monoisotopic (exact) mass is 481 g/mol. The predicted octanol–water partition coefficient (Wildman–Crippen LogP) is 5.36. The Kier molecular flexibility index (Phi) is 4.99. The smallest absolute Gasteiger partial charge is 0.219 e. The summed E-state index contributed by atoms with van der Waals surface area (Å²) in [7, 11) is 0. The van der Waals surface area contributed by atoms with E-state index < -0.39 is 5.82 Å². The van der Waals surface area contributed by atoms with Crippen molar-refractivity contribution in [1.82, 2.24) is 19.5 Å². The molecule has 2 aromatic carbocycles. The maximum absolute atomic E-state index is 15.4. The molecule has 0 spiro atoms. The molecule has 0 saturated carbocycles. The lowest BCUT2D eigenvalue weighted by atomic mass is 10.0. The van der Waals surface area contributed by atoms with Crippen molar-refractivity contribution in [3.63, 3.8) is 0 Å². The van der Waals surface area contributed by atoms with Crippen molar-refractivity contribution in [3.8, 4) is 22.8 Å². The lowest BCUT2D eigenvalue weighted by Crippen LogP contribution is -2.16. The summed E-state index contributed by atoms with van der Waals surface area (Å²) in [6, 6.07) is 16.1. The van der Waals surface area contributed by atoms with Gasteiger partial charge >= 0.3 is 0 Å². The second kappa shape index (κ2) is 8.23. The van der Waals surface area contributed by atoms with Gasteiger partial charge in [-0.05, 0) is 55.3 Å². The highest BCUT2D eigenvalue weighted by molar-refractivity contribution is 6.08. The lowest BCUT2D eigenvalue weighted by Gasteiger charge is -2.23. The molecule has 0 saturated heterocycles. The quantitative estimate of drug-likeness (QED) is 0.333. The van der Waals surface area contributed by atoms with Crippen molar-refractivity contribution in [1.29, 1.82) is 0 Å². The summed E-state index contributed by atoms with van der Waals surface area (Å²) < 4.78 is 23.2. The number of aryl methyl sites for hydroxylation is 1. The minimum atomic E-state index is -0.510. The van der Waals surface area contributed by atoms with Gasteiger partial charge in [-0.25, -0.2) is 19.3 Å².